The molecule has 0 aliphatic carbocycles. The van der Waals surface area contributed by atoms with Gasteiger partial charge in [-0.3, -0.25) is 9.78 Å². The van der Waals surface area contributed by atoms with Gasteiger partial charge in [-0.25, -0.2) is 4.79 Å². The third kappa shape index (κ3) is 3.53. The highest BCUT2D eigenvalue weighted by Gasteiger charge is 2.29. The number of aromatic nitrogens is 1. The van der Waals surface area contributed by atoms with Crippen molar-refractivity contribution in [3.05, 3.63) is 59.4 Å². The topological polar surface area (TPSA) is 79.7 Å². The average molecular weight is 340 g/mol. The fourth-order valence-corrected chi connectivity index (χ4v) is 3.24. The Morgan fingerprint density at radius 1 is 1.28 bits per heavy atom. The molecule has 25 heavy (non-hydrogen) atoms. The van der Waals surface area contributed by atoms with Crippen molar-refractivity contribution in [2.45, 2.75) is 18.8 Å². The molecule has 3 rings (SSSR count). The Hall–Kier alpha value is -2.73. The number of hydrogen-bond donors (Lipinski definition) is 1. The predicted molar refractivity (Wildman–Crippen MR) is 93.2 cm³/mol. The third-order valence-corrected chi connectivity index (χ3v) is 4.52. The Morgan fingerprint density at radius 3 is 2.80 bits per heavy atom. The van der Waals surface area contributed by atoms with Crippen LogP contribution in [-0.2, 0) is 4.74 Å². The summed E-state index contributed by atoms with van der Waals surface area (Å²) in [4.78, 5) is 29.6. The van der Waals surface area contributed by atoms with E-state index in [4.69, 9.17) is 9.84 Å². The molecule has 0 bridgehead atoms. The lowest BCUT2D eigenvalue weighted by Crippen LogP contribution is -2.37. The summed E-state index contributed by atoms with van der Waals surface area (Å²) in [7, 11) is 1.69. The number of hydrogen-bond acceptors (Lipinski definition) is 4. The van der Waals surface area contributed by atoms with Gasteiger partial charge in [0.05, 0.1) is 11.1 Å². The first kappa shape index (κ1) is 17.1. The van der Waals surface area contributed by atoms with Gasteiger partial charge in [0.2, 0.25) is 0 Å². The van der Waals surface area contributed by atoms with E-state index in [0.29, 0.717) is 19.1 Å². The van der Waals surface area contributed by atoms with E-state index in [1.54, 1.807) is 12.0 Å². The van der Waals surface area contributed by atoms with E-state index in [-0.39, 0.29) is 17.0 Å². The number of carboxylic acid groups (broad SMARTS) is 1. The molecule has 1 aliphatic heterocycles. The van der Waals surface area contributed by atoms with E-state index in [1.807, 2.05) is 24.3 Å². The normalized spacial score (nSPS) is 16.4. The first-order chi connectivity index (χ1) is 12.1. The summed E-state index contributed by atoms with van der Waals surface area (Å²) in [5.41, 5.74) is 2.29. The molecule has 0 radical (unpaired) electrons. The number of carbonyl (C=O) groups is 2. The Balaban J connectivity index is 1.91. The molecular weight excluding hydrogens is 320 g/mol. The number of nitrogens with zero attached hydrogens (tertiary/aromatic N) is 2. The fourth-order valence-electron chi connectivity index (χ4n) is 3.24. The molecule has 1 atom stereocenters. The number of ether oxygens (including phenoxy) is 1. The number of amides is 1. The van der Waals surface area contributed by atoms with Crippen molar-refractivity contribution in [1.29, 1.82) is 0 Å². The molecule has 1 unspecified atom stereocenters. The molecule has 1 aromatic carbocycles. The summed E-state index contributed by atoms with van der Waals surface area (Å²) in [5.74, 6) is -0.974. The maximum atomic E-state index is 12.9. The summed E-state index contributed by atoms with van der Waals surface area (Å²) in [6.07, 6.45) is 4.40. The summed E-state index contributed by atoms with van der Waals surface area (Å²) < 4.78 is 5.19. The zero-order valence-corrected chi connectivity index (χ0v) is 14.0. The highest BCUT2D eigenvalue weighted by Crippen LogP contribution is 2.37. The highest BCUT2D eigenvalue weighted by molar-refractivity contribution is 6.07. The number of carboxylic acids is 1. The van der Waals surface area contributed by atoms with Crippen LogP contribution < -0.4 is 4.90 Å². The van der Waals surface area contributed by atoms with Gasteiger partial charge in [0.25, 0.3) is 5.91 Å². The van der Waals surface area contributed by atoms with Crippen LogP contribution >= 0.6 is 0 Å². The van der Waals surface area contributed by atoms with Crippen LogP contribution in [0.4, 0.5) is 5.69 Å². The minimum atomic E-state index is -1.10. The number of aromatic carboxylic acids is 1. The van der Waals surface area contributed by atoms with Crippen LogP contribution in [0.25, 0.3) is 0 Å². The molecule has 6 nitrogen and oxygen atoms in total. The second kappa shape index (κ2) is 7.44. The van der Waals surface area contributed by atoms with Crippen LogP contribution in [0.15, 0.2) is 42.7 Å². The van der Waals surface area contributed by atoms with Gasteiger partial charge >= 0.3 is 5.97 Å². The van der Waals surface area contributed by atoms with E-state index < -0.39 is 5.97 Å². The Kier molecular flexibility index (Phi) is 5.09. The first-order valence-electron chi connectivity index (χ1n) is 8.20. The SMILES string of the molecule is COCCC1CCN(C(=O)c2cncc(C(=O)O)c2)c2ccccc21. The Morgan fingerprint density at radius 2 is 2.04 bits per heavy atom. The lowest BCUT2D eigenvalue weighted by molar-refractivity contribution is 0.0696. The molecule has 130 valence electrons. The lowest BCUT2D eigenvalue weighted by Gasteiger charge is -2.34. The van der Waals surface area contributed by atoms with Crippen molar-refractivity contribution in [3.63, 3.8) is 0 Å². The quantitative estimate of drug-likeness (QED) is 0.905. The molecule has 0 spiro atoms. The number of benzene rings is 1. The zero-order chi connectivity index (χ0) is 17.8. The molecule has 1 amide bonds. The van der Waals surface area contributed by atoms with Crippen molar-refractivity contribution >= 4 is 17.6 Å². The van der Waals surface area contributed by atoms with Crippen LogP contribution in [0.3, 0.4) is 0 Å². The number of rotatable bonds is 5. The second-order valence-corrected chi connectivity index (χ2v) is 6.05. The minimum Gasteiger partial charge on any atom is -0.478 e. The third-order valence-electron chi connectivity index (χ3n) is 4.52. The molecule has 1 aromatic heterocycles. The van der Waals surface area contributed by atoms with Gasteiger partial charge in [-0.15, -0.1) is 0 Å². The molecule has 0 saturated heterocycles. The average Bonchev–Trinajstić information content (AvgIpc) is 2.65. The summed E-state index contributed by atoms with van der Waals surface area (Å²) in [6.45, 7) is 1.26. The van der Waals surface area contributed by atoms with Crippen LogP contribution in [0.1, 0.15) is 45.0 Å². The van der Waals surface area contributed by atoms with E-state index in [0.717, 1.165) is 24.1 Å². The van der Waals surface area contributed by atoms with Gasteiger partial charge in [0.1, 0.15) is 0 Å². The van der Waals surface area contributed by atoms with Crippen LogP contribution in [0.5, 0.6) is 0 Å². The smallest absolute Gasteiger partial charge is 0.337 e. The summed E-state index contributed by atoms with van der Waals surface area (Å²) in [5, 5.41) is 9.10. The van der Waals surface area contributed by atoms with E-state index in [2.05, 4.69) is 4.98 Å². The number of pyridine rings is 1. The fraction of sp³-hybridized carbons (Fsp3) is 0.316. The molecule has 6 heteroatoms. The molecule has 1 N–H and O–H groups in total. The van der Waals surface area contributed by atoms with Crippen LogP contribution in [0.2, 0.25) is 0 Å². The maximum absolute atomic E-state index is 12.9. The van der Waals surface area contributed by atoms with Gasteiger partial charge in [-0.2, -0.15) is 0 Å². The van der Waals surface area contributed by atoms with Crippen molar-refractivity contribution < 1.29 is 19.4 Å². The number of anilines is 1. The highest BCUT2D eigenvalue weighted by atomic mass is 16.5. The van der Waals surface area contributed by atoms with Gasteiger partial charge in [0.15, 0.2) is 0 Å². The standard InChI is InChI=1S/C19H20N2O4/c1-25-9-7-13-6-8-21(17-5-3-2-4-16(13)17)18(22)14-10-15(19(23)24)12-20-11-14/h2-5,10-13H,6-9H2,1H3,(H,23,24). The van der Waals surface area contributed by atoms with Crippen molar-refractivity contribution in [2.24, 2.45) is 0 Å². The number of carbonyl (C=O) groups excluding carboxylic acids is 1. The van der Waals surface area contributed by atoms with Gasteiger partial charge in [-0.05, 0) is 36.5 Å². The summed E-state index contributed by atoms with van der Waals surface area (Å²) >= 11 is 0. The number of para-hydroxylation sites is 1. The number of fused-ring (bicyclic) bond motifs is 1. The molecule has 2 aromatic rings. The first-order valence-corrected chi connectivity index (χ1v) is 8.20. The molecule has 0 saturated carbocycles. The van der Waals surface area contributed by atoms with Crippen molar-refractivity contribution in [2.75, 3.05) is 25.2 Å². The lowest BCUT2D eigenvalue weighted by atomic mass is 9.87. The second-order valence-electron chi connectivity index (χ2n) is 6.05. The molecule has 2 heterocycles. The predicted octanol–water partition coefficient (Wildman–Crippen LogP) is 2.95. The molecular formula is C19H20N2O4. The monoisotopic (exact) mass is 340 g/mol. The molecule has 0 fully saturated rings. The molecule has 1 aliphatic rings. The largest absolute Gasteiger partial charge is 0.478 e. The van der Waals surface area contributed by atoms with Crippen molar-refractivity contribution in [1.82, 2.24) is 4.98 Å². The zero-order valence-electron chi connectivity index (χ0n) is 14.0. The van der Waals surface area contributed by atoms with E-state index >= 15 is 0 Å². The van der Waals surface area contributed by atoms with Gasteiger partial charge < -0.3 is 14.7 Å². The minimum absolute atomic E-state index is 0.00844. The van der Waals surface area contributed by atoms with Gasteiger partial charge in [-0.1, -0.05) is 18.2 Å². The number of methoxy groups -OCH3 is 1. The van der Waals surface area contributed by atoms with E-state index in [1.165, 1.54) is 18.5 Å². The van der Waals surface area contributed by atoms with E-state index in [9.17, 15) is 9.59 Å². The Bertz CT molecular complexity index is 790. The van der Waals surface area contributed by atoms with Gasteiger partial charge in [0, 0.05) is 38.3 Å². The van der Waals surface area contributed by atoms with Crippen molar-refractivity contribution in [3.8, 4) is 0 Å². The van der Waals surface area contributed by atoms with Crippen LogP contribution in [0, 0.1) is 0 Å². The Labute approximate surface area is 146 Å². The summed E-state index contributed by atoms with van der Waals surface area (Å²) in [6, 6.07) is 9.22. The maximum Gasteiger partial charge on any atom is 0.337 e. The van der Waals surface area contributed by atoms with Crippen LogP contribution in [-0.4, -0.2) is 42.2 Å².